The SMILES string of the molecule is CC1(C)c2ccccc2N(c2ccccc2)c2ccc(-c3cccc4c5c6ccccc6ccc5n(-c5cccc(-c6nc(-c7cc#ccc7)nc(-c7ccccc7)n6)c5)c34)cc21. The van der Waals surface area contributed by atoms with E-state index in [-0.39, 0.29) is 5.41 Å². The fourth-order valence-electron chi connectivity index (χ4n) is 9.68. The van der Waals surface area contributed by atoms with Crippen LogP contribution in [0.2, 0.25) is 0 Å². The van der Waals surface area contributed by atoms with Gasteiger partial charge in [0, 0.05) is 49.8 Å². The zero-order chi connectivity index (χ0) is 42.1. The fraction of sp³-hybridized carbons (Fsp3) is 0.0517. The van der Waals surface area contributed by atoms with E-state index < -0.39 is 0 Å². The van der Waals surface area contributed by atoms with Crippen LogP contribution in [0.5, 0.6) is 0 Å². The molecular weight excluding hydrogens is 767 g/mol. The number of hydrogen-bond acceptors (Lipinski definition) is 4. The van der Waals surface area contributed by atoms with E-state index in [1.807, 2.05) is 48.5 Å². The van der Waals surface area contributed by atoms with Crippen molar-refractivity contribution in [2.75, 3.05) is 4.90 Å². The molecule has 0 fully saturated rings. The molecule has 2 aromatic heterocycles. The molecule has 12 rings (SSSR count). The van der Waals surface area contributed by atoms with Crippen LogP contribution >= 0.6 is 0 Å². The van der Waals surface area contributed by atoms with Gasteiger partial charge in [-0.05, 0) is 94.2 Å². The van der Waals surface area contributed by atoms with Crippen LogP contribution in [-0.4, -0.2) is 19.5 Å². The second-order valence-electron chi connectivity index (χ2n) is 16.7. The molecule has 296 valence electrons. The van der Waals surface area contributed by atoms with Crippen molar-refractivity contribution in [2.24, 2.45) is 0 Å². The topological polar surface area (TPSA) is 46.8 Å². The Balaban J connectivity index is 1.09. The third-order valence-corrected chi connectivity index (χ3v) is 12.7. The molecule has 0 bridgehead atoms. The van der Waals surface area contributed by atoms with Gasteiger partial charge < -0.3 is 9.47 Å². The molecular formula is C58H39N5. The Hall–Kier alpha value is -8.33. The van der Waals surface area contributed by atoms with Crippen LogP contribution in [-0.2, 0) is 5.41 Å². The summed E-state index contributed by atoms with van der Waals surface area (Å²) in [6, 6.07) is 77.1. The van der Waals surface area contributed by atoms with Crippen molar-refractivity contribution in [1.29, 1.82) is 0 Å². The third-order valence-electron chi connectivity index (χ3n) is 12.7. The van der Waals surface area contributed by atoms with Gasteiger partial charge in [0.2, 0.25) is 0 Å². The van der Waals surface area contributed by atoms with Crippen molar-refractivity contribution in [3.8, 4) is 51.0 Å². The van der Waals surface area contributed by atoms with E-state index in [0.29, 0.717) is 17.5 Å². The summed E-state index contributed by atoms with van der Waals surface area (Å²) in [5.74, 6) is 1.80. The molecule has 63 heavy (non-hydrogen) atoms. The van der Waals surface area contributed by atoms with Crippen LogP contribution in [0.15, 0.2) is 200 Å². The highest BCUT2D eigenvalue weighted by atomic mass is 15.2. The summed E-state index contributed by atoms with van der Waals surface area (Å²) in [4.78, 5) is 17.5. The quantitative estimate of drug-likeness (QED) is 0.168. The average molecular weight is 806 g/mol. The standard InChI is InChI=1S/C58H39N5/c1-58(2)48-30-14-15-31-50(48)62(43-24-10-5-11-25-43)51-34-33-41(37-49(51)58)46-28-17-29-47-53-45-27-13-12-18-38(45)32-35-52(53)63(54(46)47)44-26-16-23-42(36-44)57-60-55(39-19-6-3-7-20-39)59-56(61-57)40-21-8-4-9-22-40/h3,5-8,10-37H,1-2H3. The van der Waals surface area contributed by atoms with Gasteiger partial charge in [0.05, 0.1) is 22.4 Å². The summed E-state index contributed by atoms with van der Waals surface area (Å²) in [5, 5.41) is 4.85. The maximum absolute atomic E-state index is 5.10. The summed E-state index contributed by atoms with van der Waals surface area (Å²) in [6.45, 7) is 4.71. The Kier molecular flexibility index (Phi) is 8.35. The molecule has 3 heterocycles. The first-order chi connectivity index (χ1) is 31.0. The molecule has 0 N–H and O–H groups in total. The first kappa shape index (κ1) is 36.5. The van der Waals surface area contributed by atoms with Crippen LogP contribution in [0.3, 0.4) is 0 Å². The molecule has 0 aliphatic carbocycles. The van der Waals surface area contributed by atoms with Gasteiger partial charge in [0.1, 0.15) is 0 Å². The van der Waals surface area contributed by atoms with Crippen molar-refractivity contribution in [2.45, 2.75) is 19.3 Å². The van der Waals surface area contributed by atoms with Gasteiger partial charge >= 0.3 is 0 Å². The molecule has 1 aliphatic rings. The van der Waals surface area contributed by atoms with E-state index in [4.69, 9.17) is 15.0 Å². The zero-order valence-corrected chi connectivity index (χ0v) is 34.8. The number of hydrogen-bond donors (Lipinski definition) is 0. The Morgan fingerprint density at radius 1 is 0.460 bits per heavy atom. The molecule has 0 saturated carbocycles. The molecule has 0 saturated heterocycles. The van der Waals surface area contributed by atoms with Crippen molar-refractivity contribution in [3.63, 3.8) is 0 Å². The first-order valence-electron chi connectivity index (χ1n) is 21.4. The molecule has 0 spiro atoms. The van der Waals surface area contributed by atoms with Gasteiger partial charge in [-0.1, -0.05) is 159 Å². The normalized spacial score (nSPS) is 12.9. The second kappa shape index (κ2) is 14.4. The van der Waals surface area contributed by atoms with E-state index in [2.05, 4.69) is 187 Å². The highest BCUT2D eigenvalue weighted by Gasteiger charge is 2.37. The predicted octanol–water partition coefficient (Wildman–Crippen LogP) is 14.5. The van der Waals surface area contributed by atoms with Crippen LogP contribution in [0, 0.1) is 12.1 Å². The predicted molar refractivity (Wildman–Crippen MR) is 258 cm³/mol. The van der Waals surface area contributed by atoms with Gasteiger partial charge in [-0.25, -0.2) is 15.0 Å². The van der Waals surface area contributed by atoms with Crippen molar-refractivity contribution in [3.05, 3.63) is 223 Å². The Bertz CT molecular complexity index is 3480. The number of rotatable bonds is 6. The van der Waals surface area contributed by atoms with Crippen molar-refractivity contribution >= 4 is 49.6 Å². The van der Waals surface area contributed by atoms with E-state index >= 15 is 0 Å². The Morgan fingerprint density at radius 3 is 1.95 bits per heavy atom. The minimum Gasteiger partial charge on any atom is -0.310 e. The monoisotopic (exact) mass is 805 g/mol. The molecule has 0 atom stereocenters. The van der Waals surface area contributed by atoms with E-state index in [1.54, 1.807) is 0 Å². The maximum atomic E-state index is 5.10. The maximum Gasteiger partial charge on any atom is 0.164 e. The molecule has 11 aromatic rings. The Morgan fingerprint density at radius 2 is 1.13 bits per heavy atom. The first-order valence-corrected chi connectivity index (χ1v) is 21.4. The number of aromatic nitrogens is 4. The summed E-state index contributed by atoms with van der Waals surface area (Å²) in [5.41, 5.74) is 14.2. The largest absolute Gasteiger partial charge is 0.310 e. The lowest BCUT2D eigenvalue weighted by molar-refractivity contribution is 0.632. The van der Waals surface area contributed by atoms with Gasteiger partial charge in [-0.2, -0.15) is 0 Å². The molecule has 5 heteroatoms. The second-order valence-corrected chi connectivity index (χ2v) is 16.7. The lowest BCUT2D eigenvalue weighted by Gasteiger charge is -2.42. The van der Waals surface area contributed by atoms with E-state index in [9.17, 15) is 0 Å². The lowest BCUT2D eigenvalue weighted by Crippen LogP contribution is -2.30. The fourth-order valence-corrected chi connectivity index (χ4v) is 9.68. The van der Waals surface area contributed by atoms with Gasteiger partial charge in [-0.3, -0.25) is 0 Å². The van der Waals surface area contributed by atoms with E-state index in [0.717, 1.165) is 50.2 Å². The molecule has 5 nitrogen and oxygen atoms in total. The van der Waals surface area contributed by atoms with Gasteiger partial charge in [0.15, 0.2) is 17.5 Å². The number of fused-ring (bicyclic) bond motifs is 7. The zero-order valence-electron chi connectivity index (χ0n) is 34.8. The molecule has 0 amide bonds. The number of para-hydroxylation sites is 3. The summed E-state index contributed by atoms with van der Waals surface area (Å²) < 4.78 is 2.44. The van der Waals surface area contributed by atoms with Crippen LogP contribution in [0.1, 0.15) is 25.0 Å². The smallest absolute Gasteiger partial charge is 0.164 e. The molecule has 9 aromatic carbocycles. The average Bonchev–Trinajstić information content (AvgIpc) is 3.70. The van der Waals surface area contributed by atoms with Crippen molar-refractivity contribution in [1.82, 2.24) is 19.5 Å². The third kappa shape index (κ3) is 5.91. The van der Waals surface area contributed by atoms with Gasteiger partial charge in [0.25, 0.3) is 0 Å². The molecule has 0 unspecified atom stereocenters. The molecule has 1 aliphatic heterocycles. The van der Waals surface area contributed by atoms with Crippen LogP contribution in [0.25, 0.3) is 83.6 Å². The summed E-state index contributed by atoms with van der Waals surface area (Å²) >= 11 is 0. The van der Waals surface area contributed by atoms with Crippen LogP contribution < -0.4 is 4.90 Å². The number of nitrogens with zero attached hydrogens (tertiary/aromatic N) is 5. The molecule has 0 radical (unpaired) electrons. The minimum absolute atomic E-state index is 0.254. The van der Waals surface area contributed by atoms with Gasteiger partial charge in [-0.15, -0.1) is 0 Å². The van der Waals surface area contributed by atoms with Crippen molar-refractivity contribution < 1.29 is 0 Å². The highest BCUT2D eigenvalue weighted by Crippen LogP contribution is 2.53. The number of anilines is 3. The summed E-state index contributed by atoms with van der Waals surface area (Å²) in [6.07, 6.45) is 0. The minimum atomic E-state index is -0.254. The van der Waals surface area contributed by atoms with E-state index in [1.165, 1.54) is 44.0 Å². The summed E-state index contributed by atoms with van der Waals surface area (Å²) in [7, 11) is 0. The highest BCUT2D eigenvalue weighted by molar-refractivity contribution is 6.23. The number of benzene rings is 8. The lowest BCUT2D eigenvalue weighted by atomic mass is 9.73. The Labute approximate surface area is 366 Å². The van der Waals surface area contributed by atoms with Crippen LogP contribution in [0.4, 0.5) is 17.1 Å².